The fraction of sp³-hybridized carbons (Fsp3) is 0.800. The van der Waals surface area contributed by atoms with Gasteiger partial charge in [0.05, 0.1) is 6.26 Å². The molecule has 0 spiro atoms. The van der Waals surface area contributed by atoms with Crippen LogP contribution in [0.3, 0.4) is 0 Å². The molecule has 6 heteroatoms. The van der Waals surface area contributed by atoms with Crippen molar-refractivity contribution in [2.45, 2.75) is 43.1 Å². The van der Waals surface area contributed by atoms with Gasteiger partial charge < -0.3 is 9.84 Å². The summed E-state index contributed by atoms with van der Waals surface area (Å²) in [6.07, 6.45) is 1.14. The predicted molar refractivity (Wildman–Crippen MR) is 49.5 cm³/mol. The lowest BCUT2D eigenvalue weighted by Gasteiger charge is -2.14. The maximum Gasteiger partial charge on any atom is 0.359 e. The summed E-state index contributed by atoms with van der Waals surface area (Å²) in [5.74, 6) is -8.26. The fourth-order valence-corrected chi connectivity index (χ4v) is 1.77. The van der Waals surface area contributed by atoms with E-state index in [9.17, 15) is 17.6 Å². The Balaban J connectivity index is 2.60. The molecule has 0 aromatic rings. The van der Waals surface area contributed by atoms with Gasteiger partial charge in [0.15, 0.2) is 0 Å². The summed E-state index contributed by atoms with van der Waals surface area (Å²) in [5.41, 5.74) is -2.72. The van der Waals surface area contributed by atoms with Crippen LogP contribution in [0, 0.1) is 0 Å². The monoisotopic (exact) mass is 242 g/mol. The number of rotatable bonds is 7. The fourth-order valence-electron chi connectivity index (χ4n) is 1.77. The lowest BCUT2D eigenvalue weighted by Crippen LogP contribution is -2.23. The molecule has 1 N–H and O–H groups in total. The van der Waals surface area contributed by atoms with Crippen LogP contribution in [-0.4, -0.2) is 29.2 Å². The summed E-state index contributed by atoms with van der Waals surface area (Å²) < 4.78 is 56.2. The van der Waals surface area contributed by atoms with E-state index in [1.165, 1.54) is 0 Å². The van der Waals surface area contributed by atoms with Crippen LogP contribution in [0.2, 0.25) is 0 Å². The molecule has 1 aliphatic rings. The van der Waals surface area contributed by atoms with Crippen LogP contribution in [-0.2, 0) is 4.74 Å². The number of aliphatic hydroxyl groups is 1. The van der Waals surface area contributed by atoms with E-state index in [-0.39, 0.29) is 13.0 Å². The van der Waals surface area contributed by atoms with Gasteiger partial charge in [-0.25, -0.2) is 0 Å². The normalized spacial score (nSPS) is 23.8. The third kappa shape index (κ3) is 1.59. The second-order valence-corrected chi connectivity index (χ2v) is 3.79. The molecule has 1 saturated carbocycles. The summed E-state index contributed by atoms with van der Waals surface area (Å²) in [6.45, 7) is 2.95. The average molecular weight is 242 g/mol. The summed E-state index contributed by atoms with van der Waals surface area (Å²) in [5, 5.41) is 8.48. The number of unbranched alkanes of at least 4 members (excludes halogenated alkanes) is 2. The number of ether oxygens (including phenoxy) is 1. The van der Waals surface area contributed by atoms with Crippen molar-refractivity contribution in [2.24, 2.45) is 0 Å². The smallest absolute Gasteiger partial charge is 0.359 e. The van der Waals surface area contributed by atoms with Gasteiger partial charge in [0.2, 0.25) is 5.60 Å². The molecule has 0 saturated heterocycles. The zero-order chi connectivity index (χ0) is 12.4. The molecule has 0 amide bonds. The topological polar surface area (TPSA) is 29.5 Å². The maximum absolute atomic E-state index is 13.0. The molecule has 0 aromatic heterocycles. The van der Waals surface area contributed by atoms with E-state index in [0.717, 1.165) is 0 Å². The number of alkyl halides is 4. The van der Waals surface area contributed by atoms with Crippen molar-refractivity contribution in [2.75, 3.05) is 6.61 Å². The van der Waals surface area contributed by atoms with Crippen LogP contribution in [0.1, 0.15) is 25.7 Å². The first-order valence-electron chi connectivity index (χ1n) is 5.02. The lowest BCUT2D eigenvalue weighted by atomic mass is 10.1. The molecule has 0 radical (unpaired) electrons. The molecule has 0 aliphatic heterocycles. The van der Waals surface area contributed by atoms with E-state index in [0.29, 0.717) is 19.1 Å². The van der Waals surface area contributed by atoms with Crippen molar-refractivity contribution in [3.63, 3.8) is 0 Å². The van der Waals surface area contributed by atoms with Gasteiger partial charge in [-0.1, -0.05) is 13.0 Å². The quantitative estimate of drug-likeness (QED) is 0.422. The van der Waals surface area contributed by atoms with Crippen LogP contribution >= 0.6 is 0 Å². The van der Waals surface area contributed by atoms with Gasteiger partial charge >= 0.3 is 11.8 Å². The molecule has 1 fully saturated rings. The van der Waals surface area contributed by atoms with Crippen molar-refractivity contribution < 1.29 is 27.4 Å². The van der Waals surface area contributed by atoms with Gasteiger partial charge in [0.1, 0.15) is 0 Å². The van der Waals surface area contributed by atoms with E-state index >= 15 is 0 Å². The Kier molecular flexibility index (Phi) is 3.52. The SMILES string of the molecule is C=COC1(CCCCCO)C(F)(F)C1(F)F. The molecule has 2 nitrogen and oxygen atoms in total. The third-order valence-electron chi connectivity index (χ3n) is 2.82. The van der Waals surface area contributed by atoms with Gasteiger partial charge in [-0.2, -0.15) is 17.6 Å². The van der Waals surface area contributed by atoms with Crippen LogP contribution in [0.4, 0.5) is 17.6 Å². The molecule has 0 heterocycles. The average Bonchev–Trinajstić information content (AvgIpc) is 2.53. The Morgan fingerprint density at radius 2 is 1.62 bits per heavy atom. The van der Waals surface area contributed by atoms with Crippen molar-refractivity contribution in [3.05, 3.63) is 12.8 Å². The first kappa shape index (κ1) is 13.3. The highest BCUT2D eigenvalue weighted by Gasteiger charge is 2.98. The molecular formula is C10H14F4O2. The predicted octanol–water partition coefficient (Wildman–Crippen LogP) is 2.72. The van der Waals surface area contributed by atoms with Gasteiger partial charge in [0.25, 0.3) is 0 Å². The van der Waals surface area contributed by atoms with Crippen LogP contribution in [0.25, 0.3) is 0 Å². The standard InChI is InChI=1S/C10H14F4O2/c1-2-16-8(6-4-3-5-7-15)9(11,12)10(8,13)14/h2,15H,1,3-7H2. The molecular weight excluding hydrogens is 228 g/mol. The van der Waals surface area contributed by atoms with E-state index in [1.54, 1.807) is 0 Å². The second kappa shape index (κ2) is 4.24. The highest BCUT2D eigenvalue weighted by Crippen LogP contribution is 2.69. The van der Waals surface area contributed by atoms with Crippen molar-refractivity contribution in [3.8, 4) is 0 Å². The van der Waals surface area contributed by atoms with Crippen molar-refractivity contribution in [1.82, 2.24) is 0 Å². The maximum atomic E-state index is 13.0. The van der Waals surface area contributed by atoms with Crippen LogP contribution in [0.15, 0.2) is 12.8 Å². The minimum Gasteiger partial charge on any atom is -0.482 e. The van der Waals surface area contributed by atoms with Gasteiger partial charge in [-0.3, -0.25) is 0 Å². The molecule has 1 aliphatic carbocycles. The Labute approximate surface area is 90.9 Å². The summed E-state index contributed by atoms with van der Waals surface area (Å²) in [6, 6.07) is 0. The molecule has 0 unspecified atom stereocenters. The molecule has 0 aromatic carbocycles. The van der Waals surface area contributed by atoms with Gasteiger partial charge in [0, 0.05) is 6.61 Å². The van der Waals surface area contributed by atoms with Crippen LogP contribution < -0.4 is 0 Å². The molecule has 16 heavy (non-hydrogen) atoms. The first-order chi connectivity index (χ1) is 7.37. The highest BCUT2D eigenvalue weighted by molar-refractivity contribution is 5.29. The molecule has 0 atom stereocenters. The molecule has 94 valence electrons. The second-order valence-electron chi connectivity index (χ2n) is 3.79. The Morgan fingerprint density at radius 3 is 2.00 bits per heavy atom. The zero-order valence-corrected chi connectivity index (χ0v) is 8.69. The first-order valence-corrected chi connectivity index (χ1v) is 5.02. The lowest BCUT2D eigenvalue weighted by molar-refractivity contribution is -0.0278. The summed E-state index contributed by atoms with van der Waals surface area (Å²) >= 11 is 0. The number of hydrogen-bond acceptors (Lipinski definition) is 2. The van der Waals surface area contributed by atoms with E-state index in [2.05, 4.69) is 11.3 Å². The van der Waals surface area contributed by atoms with Gasteiger partial charge in [-0.05, 0) is 19.3 Å². The van der Waals surface area contributed by atoms with E-state index in [4.69, 9.17) is 5.11 Å². The Morgan fingerprint density at radius 1 is 1.06 bits per heavy atom. The van der Waals surface area contributed by atoms with E-state index in [1.807, 2.05) is 0 Å². The summed E-state index contributed by atoms with van der Waals surface area (Å²) in [7, 11) is 0. The van der Waals surface area contributed by atoms with Gasteiger partial charge in [-0.15, -0.1) is 0 Å². The minimum atomic E-state index is -4.13. The zero-order valence-electron chi connectivity index (χ0n) is 8.69. The molecule has 0 bridgehead atoms. The number of halogens is 4. The molecule has 1 rings (SSSR count). The van der Waals surface area contributed by atoms with Crippen molar-refractivity contribution in [1.29, 1.82) is 0 Å². The number of aliphatic hydroxyl groups excluding tert-OH is 1. The van der Waals surface area contributed by atoms with E-state index < -0.39 is 23.9 Å². The van der Waals surface area contributed by atoms with Crippen LogP contribution in [0.5, 0.6) is 0 Å². The Bertz CT molecular complexity index is 252. The Hall–Kier alpha value is -0.780. The number of hydrogen-bond donors (Lipinski definition) is 1. The largest absolute Gasteiger partial charge is 0.482 e. The summed E-state index contributed by atoms with van der Waals surface area (Å²) in [4.78, 5) is 0. The third-order valence-corrected chi connectivity index (χ3v) is 2.82. The van der Waals surface area contributed by atoms with Crippen molar-refractivity contribution >= 4 is 0 Å². The highest BCUT2D eigenvalue weighted by atomic mass is 19.3. The minimum absolute atomic E-state index is 0.0812.